The van der Waals surface area contributed by atoms with Gasteiger partial charge in [0.2, 0.25) is 0 Å². The largest absolute Gasteiger partial charge is 0.519 e. The maximum Gasteiger partial charge on any atom is 0.519 e. The summed E-state index contributed by atoms with van der Waals surface area (Å²) in [5.74, 6) is -2.57. The van der Waals surface area contributed by atoms with E-state index < -0.39 is 42.3 Å². The molecule has 0 fully saturated rings. The van der Waals surface area contributed by atoms with Crippen LogP contribution in [0.3, 0.4) is 0 Å². The Bertz CT molecular complexity index is 3190. The van der Waals surface area contributed by atoms with Gasteiger partial charge in [0.1, 0.15) is 11.4 Å². The molecule has 5 aromatic carbocycles. The van der Waals surface area contributed by atoms with Gasteiger partial charge in [0.25, 0.3) is 0 Å². The van der Waals surface area contributed by atoms with Crippen LogP contribution in [0.1, 0.15) is 85.4 Å². The minimum absolute atomic E-state index is 0.00206. The number of rotatable bonds is 16. The van der Waals surface area contributed by atoms with Crippen molar-refractivity contribution in [2.24, 2.45) is 0 Å². The molecule has 67 heavy (non-hydrogen) atoms. The lowest BCUT2D eigenvalue weighted by Crippen LogP contribution is -2.39. The highest BCUT2D eigenvalue weighted by atomic mass is 16.6. The van der Waals surface area contributed by atoms with Crippen LogP contribution in [0.15, 0.2) is 167 Å². The molecule has 0 unspecified atom stereocenters. The van der Waals surface area contributed by atoms with Crippen molar-refractivity contribution in [2.75, 3.05) is 0 Å². The normalized spacial score (nSPS) is 11.4. The first-order valence-corrected chi connectivity index (χ1v) is 21.4. The molecule has 0 saturated carbocycles. The van der Waals surface area contributed by atoms with Crippen molar-refractivity contribution in [1.29, 1.82) is 0 Å². The molecule has 9 rings (SSSR count). The molecule has 9 aromatic rings. The fourth-order valence-corrected chi connectivity index (χ4v) is 8.23. The molecule has 0 bridgehead atoms. The molecule has 0 aliphatic heterocycles. The monoisotopic (exact) mass is 898 g/mol. The van der Waals surface area contributed by atoms with E-state index in [1.807, 2.05) is 115 Å². The summed E-state index contributed by atoms with van der Waals surface area (Å²) in [4.78, 5) is 55.7. The average Bonchev–Trinajstić information content (AvgIpc) is 4.14. The summed E-state index contributed by atoms with van der Waals surface area (Å²) in [5, 5.41) is 13.7. The first-order chi connectivity index (χ1) is 32.6. The van der Waals surface area contributed by atoms with Crippen molar-refractivity contribution >= 4 is 11.9 Å². The molecule has 336 valence electrons. The third kappa shape index (κ3) is 8.55. The number of esters is 2. The first-order valence-electron chi connectivity index (χ1n) is 21.4. The number of aryl methyl sites for hydroxylation is 3. The van der Waals surface area contributed by atoms with Crippen LogP contribution < -0.4 is 11.6 Å². The fraction of sp³-hybridized carbons (Fsp3) is 0.176. The maximum absolute atomic E-state index is 14.0. The summed E-state index contributed by atoms with van der Waals surface area (Å²) >= 11 is 0. The molecule has 16 heteroatoms. The van der Waals surface area contributed by atoms with E-state index in [-0.39, 0.29) is 41.0 Å². The first kappa shape index (κ1) is 43.6. The van der Waals surface area contributed by atoms with Gasteiger partial charge in [-0.15, -0.1) is 5.10 Å². The molecule has 16 nitrogen and oxygen atoms in total. The van der Waals surface area contributed by atoms with E-state index in [9.17, 15) is 19.2 Å². The van der Waals surface area contributed by atoms with Crippen LogP contribution in [0, 0.1) is 13.8 Å². The van der Waals surface area contributed by atoms with E-state index in [0.29, 0.717) is 24.5 Å². The van der Waals surface area contributed by atoms with Crippen LogP contribution in [0.5, 0.6) is 0 Å². The molecule has 0 amide bonds. The summed E-state index contributed by atoms with van der Waals surface area (Å²) in [7, 11) is 0. The van der Waals surface area contributed by atoms with Crippen molar-refractivity contribution in [1.82, 2.24) is 29.8 Å². The van der Waals surface area contributed by atoms with Crippen LogP contribution in [0.2, 0.25) is 0 Å². The lowest BCUT2D eigenvalue weighted by molar-refractivity contribution is 0.0385. The maximum atomic E-state index is 14.0. The van der Waals surface area contributed by atoms with Gasteiger partial charge in [-0.1, -0.05) is 146 Å². The lowest BCUT2D eigenvalue weighted by atomic mass is 9.77. The SMILES string of the molecule is CCCc1nc(C(=O)OCc2oc(=O)oc2C)c(C(=O)OCc2oc(=O)oc2C)n1Cc1ccc(-c2ccccc2-c2nnnn2C(c2ccccc2)(c2ccccc2)c2ccccc2)cc1. The van der Waals surface area contributed by atoms with Crippen molar-refractivity contribution in [2.45, 2.75) is 58.9 Å². The lowest BCUT2D eigenvalue weighted by Gasteiger charge is -2.36. The number of hydrogen-bond acceptors (Lipinski definition) is 14. The number of tetrazole rings is 1. The number of hydrogen-bond donors (Lipinski definition) is 0. The predicted molar refractivity (Wildman–Crippen MR) is 241 cm³/mol. The molecule has 0 spiro atoms. The highest BCUT2D eigenvalue weighted by Gasteiger charge is 2.42. The van der Waals surface area contributed by atoms with Crippen molar-refractivity contribution in [3.63, 3.8) is 0 Å². The standard InChI is InChI=1S/C51H42N6O10/c1-4-16-43-52-44(47(58)62-30-41-32(2)64-49(60)66-41)45(48(59)63-31-42-33(3)65-50(61)67-42)56(43)29-34-25-27-35(28-26-34)39-23-14-15-24-40(39)46-53-54-55-57(46)51(36-17-8-5-9-18-36,37-19-10-6-11-20-37)38-21-12-7-13-22-38/h5-15,17-28H,4,16,29-31H2,1-3H3. The number of benzene rings is 5. The van der Waals surface area contributed by atoms with Crippen molar-refractivity contribution in [3.05, 3.63) is 223 Å². The van der Waals surface area contributed by atoms with Crippen LogP contribution in [0.25, 0.3) is 22.5 Å². The van der Waals surface area contributed by atoms with Gasteiger partial charge in [0.15, 0.2) is 53.5 Å². The summed E-state index contributed by atoms with van der Waals surface area (Å²) < 4.78 is 34.5. The zero-order valence-electron chi connectivity index (χ0n) is 36.6. The van der Waals surface area contributed by atoms with Gasteiger partial charge in [-0.2, -0.15) is 0 Å². The number of imidazole rings is 1. The third-order valence-corrected chi connectivity index (χ3v) is 11.4. The van der Waals surface area contributed by atoms with Crippen molar-refractivity contribution in [3.8, 4) is 22.5 Å². The van der Waals surface area contributed by atoms with Gasteiger partial charge < -0.3 is 31.7 Å². The van der Waals surface area contributed by atoms with Gasteiger partial charge in [-0.25, -0.2) is 28.8 Å². The molecule has 4 aromatic heterocycles. The van der Waals surface area contributed by atoms with Crippen LogP contribution in [-0.4, -0.2) is 41.7 Å². The van der Waals surface area contributed by atoms with E-state index in [2.05, 4.69) is 46.6 Å². The minimum Gasteiger partial charge on any atom is -0.453 e. The Labute approximate surface area is 382 Å². The second-order valence-electron chi connectivity index (χ2n) is 15.5. The van der Waals surface area contributed by atoms with E-state index >= 15 is 0 Å². The number of carbonyl (C=O) groups is 2. The quantitative estimate of drug-likeness (QED) is 0.0660. The van der Waals surface area contributed by atoms with Crippen LogP contribution in [0.4, 0.5) is 0 Å². The molecule has 0 N–H and O–H groups in total. The number of nitrogens with zero attached hydrogens (tertiary/aromatic N) is 6. The molecule has 0 aliphatic carbocycles. The van der Waals surface area contributed by atoms with Crippen molar-refractivity contribution < 1.29 is 36.7 Å². The topological polar surface area (TPSA) is 201 Å². The van der Waals surface area contributed by atoms with Gasteiger partial charge in [0, 0.05) is 18.5 Å². The highest BCUT2D eigenvalue weighted by Crippen LogP contribution is 2.43. The van der Waals surface area contributed by atoms with E-state index in [4.69, 9.17) is 37.5 Å². The second kappa shape index (κ2) is 18.8. The van der Waals surface area contributed by atoms with E-state index in [1.165, 1.54) is 13.8 Å². The van der Waals surface area contributed by atoms with E-state index in [0.717, 1.165) is 38.9 Å². The molecular formula is C51H42N6O10. The summed E-state index contributed by atoms with van der Waals surface area (Å²) in [6.07, 6.45) is 1.00. The van der Waals surface area contributed by atoms with Crippen LogP contribution >= 0.6 is 0 Å². The van der Waals surface area contributed by atoms with Gasteiger partial charge in [-0.05, 0) is 64.1 Å². The van der Waals surface area contributed by atoms with E-state index in [1.54, 1.807) is 4.57 Å². The Morgan fingerprint density at radius 1 is 0.627 bits per heavy atom. The fourth-order valence-electron chi connectivity index (χ4n) is 8.23. The van der Waals surface area contributed by atoms with Gasteiger partial charge >= 0.3 is 23.6 Å². The number of ether oxygens (including phenoxy) is 2. The summed E-state index contributed by atoms with van der Waals surface area (Å²) in [6.45, 7) is 4.11. The Morgan fingerprint density at radius 3 is 1.64 bits per heavy atom. The minimum atomic E-state index is -0.970. The summed E-state index contributed by atoms with van der Waals surface area (Å²) in [5.41, 5.74) is 4.70. The molecule has 0 atom stereocenters. The Hall–Kier alpha value is -8.66. The Kier molecular flexibility index (Phi) is 12.2. The predicted octanol–water partition coefficient (Wildman–Crippen LogP) is 8.47. The molecule has 0 saturated heterocycles. The number of aromatic nitrogens is 6. The number of carbonyl (C=O) groups excluding carboxylic acids is 2. The third-order valence-electron chi connectivity index (χ3n) is 11.4. The highest BCUT2D eigenvalue weighted by molar-refractivity contribution is 6.01. The molecule has 4 heterocycles. The average molecular weight is 899 g/mol. The zero-order chi connectivity index (χ0) is 46.5. The second-order valence-corrected chi connectivity index (χ2v) is 15.5. The summed E-state index contributed by atoms with van der Waals surface area (Å²) in [6, 6.07) is 46.2. The Morgan fingerprint density at radius 2 is 1.13 bits per heavy atom. The Balaban J connectivity index is 1.09. The smallest absolute Gasteiger partial charge is 0.453 e. The molecular weight excluding hydrogens is 857 g/mol. The zero-order valence-corrected chi connectivity index (χ0v) is 36.6. The van der Waals surface area contributed by atoms with Gasteiger partial charge in [-0.3, -0.25) is 0 Å². The van der Waals surface area contributed by atoms with Gasteiger partial charge in [0.05, 0.1) is 0 Å². The molecule has 0 radical (unpaired) electrons. The molecule has 0 aliphatic rings. The van der Waals surface area contributed by atoms with Crippen LogP contribution in [-0.2, 0) is 41.2 Å².